The largest absolute Gasteiger partial charge is 0.351 e. The van der Waals surface area contributed by atoms with Crippen molar-refractivity contribution in [2.75, 3.05) is 11.1 Å². The maximum atomic E-state index is 12.8. The van der Waals surface area contributed by atoms with Gasteiger partial charge in [0.15, 0.2) is 4.34 Å². The molecule has 134 valence electrons. The molecule has 0 unspecified atom stereocenters. The zero-order chi connectivity index (χ0) is 18.2. The van der Waals surface area contributed by atoms with Crippen LogP contribution in [0.15, 0.2) is 28.6 Å². The van der Waals surface area contributed by atoms with Gasteiger partial charge >= 0.3 is 0 Å². The van der Waals surface area contributed by atoms with Crippen molar-refractivity contribution in [2.24, 2.45) is 5.92 Å². The molecular weight excluding hydrogens is 363 g/mol. The summed E-state index contributed by atoms with van der Waals surface area (Å²) in [5.41, 5.74) is 0.825. The quantitative estimate of drug-likeness (QED) is 0.541. The lowest BCUT2D eigenvalue weighted by Gasteiger charge is -2.04. The Kier molecular flexibility index (Phi) is 7.32. The van der Waals surface area contributed by atoms with Gasteiger partial charge in [0.1, 0.15) is 5.82 Å². The molecule has 2 aromatic rings. The molecule has 0 radical (unpaired) electrons. The standard InChI is InChI=1S/C16H19FN4O2S2/c1-10(2)7-13(22)19-15-20-21-16(25-15)24-9-14(23)18-8-11-3-5-12(17)6-4-11/h3-6,10H,7-9H2,1-2H3,(H,18,23)(H,19,20,22). The zero-order valence-electron chi connectivity index (χ0n) is 13.9. The van der Waals surface area contributed by atoms with Crippen LogP contribution >= 0.6 is 23.1 Å². The highest BCUT2D eigenvalue weighted by Crippen LogP contribution is 2.25. The van der Waals surface area contributed by atoms with Crippen molar-refractivity contribution in [2.45, 2.75) is 31.2 Å². The van der Waals surface area contributed by atoms with Gasteiger partial charge < -0.3 is 10.6 Å². The first kappa shape index (κ1) is 19.3. The van der Waals surface area contributed by atoms with E-state index in [4.69, 9.17) is 0 Å². The molecule has 0 bridgehead atoms. The molecular formula is C16H19FN4O2S2. The second-order valence-electron chi connectivity index (χ2n) is 5.71. The van der Waals surface area contributed by atoms with Crippen LogP contribution in [-0.2, 0) is 16.1 Å². The van der Waals surface area contributed by atoms with Crippen LogP contribution in [-0.4, -0.2) is 27.8 Å². The Morgan fingerprint density at radius 2 is 1.92 bits per heavy atom. The highest BCUT2D eigenvalue weighted by Gasteiger charge is 2.11. The molecule has 0 aliphatic carbocycles. The Morgan fingerprint density at radius 3 is 2.60 bits per heavy atom. The van der Waals surface area contributed by atoms with Crippen LogP contribution in [0.25, 0.3) is 0 Å². The molecule has 0 spiro atoms. The molecule has 0 aliphatic heterocycles. The average molecular weight is 382 g/mol. The van der Waals surface area contributed by atoms with Crippen LogP contribution in [0.2, 0.25) is 0 Å². The predicted molar refractivity (Wildman–Crippen MR) is 97.0 cm³/mol. The van der Waals surface area contributed by atoms with E-state index in [9.17, 15) is 14.0 Å². The van der Waals surface area contributed by atoms with Crippen LogP contribution in [0.3, 0.4) is 0 Å². The number of nitrogens with zero attached hydrogens (tertiary/aromatic N) is 2. The molecule has 0 saturated heterocycles. The minimum atomic E-state index is -0.307. The second-order valence-corrected chi connectivity index (χ2v) is 7.91. The molecule has 0 aliphatic rings. The SMILES string of the molecule is CC(C)CC(=O)Nc1nnc(SCC(=O)NCc2ccc(F)cc2)s1. The van der Waals surface area contributed by atoms with E-state index in [2.05, 4.69) is 20.8 Å². The maximum Gasteiger partial charge on any atom is 0.230 e. The van der Waals surface area contributed by atoms with E-state index in [1.165, 1.54) is 35.2 Å². The molecule has 1 aromatic heterocycles. The topological polar surface area (TPSA) is 84.0 Å². The number of carbonyl (C=O) groups is 2. The van der Waals surface area contributed by atoms with E-state index in [0.717, 1.165) is 5.56 Å². The van der Waals surface area contributed by atoms with Crippen molar-refractivity contribution < 1.29 is 14.0 Å². The van der Waals surface area contributed by atoms with E-state index < -0.39 is 0 Å². The molecule has 25 heavy (non-hydrogen) atoms. The van der Waals surface area contributed by atoms with Crippen LogP contribution in [0.4, 0.5) is 9.52 Å². The molecule has 2 amide bonds. The van der Waals surface area contributed by atoms with Gasteiger partial charge in [0.05, 0.1) is 5.75 Å². The molecule has 1 heterocycles. The Hall–Kier alpha value is -2.00. The van der Waals surface area contributed by atoms with Crippen LogP contribution in [0, 0.1) is 11.7 Å². The molecule has 0 fully saturated rings. The summed E-state index contributed by atoms with van der Waals surface area (Å²) in [6, 6.07) is 5.96. The molecule has 0 atom stereocenters. The number of hydrogen-bond donors (Lipinski definition) is 2. The van der Waals surface area contributed by atoms with Crippen molar-refractivity contribution in [3.8, 4) is 0 Å². The van der Waals surface area contributed by atoms with E-state index in [-0.39, 0.29) is 29.3 Å². The Bertz CT molecular complexity index is 719. The highest BCUT2D eigenvalue weighted by atomic mass is 32.2. The molecule has 0 saturated carbocycles. The molecule has 6 nitrogen and oxygen atoms in total. The van der Waals surface area contributed by atoms with E-state index in [0.29, 0.717) is 22.4 Å². The smallest absolute Gasteiger partial charge is 0.230 e. The van der Waals surface area contributed by atoms with Crippen LogP contribution < -0.4 is 10.6 Å². The van der Waals surface area contributed by atoms with Gasteiger partial charge in [0, 0.05) is 13.0 Å². The first-order valence-electron chi connectivity index (χ1n) is 7.69. The van der Waals surface area contributed by atoms with Gasteiger partial charge in [0.2, 0.25) is 16.9 Å². The van der Waals surface area contributed by atoms with Crippen molar-refractivity contribution in [1.29, 1.82) is 0 Å². The van der Waals surface area contributed by atoms with Gasteiger partial charge in [-0.2, -0.15) is 0 Å². The lowest BCUT2D eigenvalue weighted by Crippen LogP contribution is -2.24. The maximum absolute atomic E-state index is 12.8. The Labute approximate surface area is 153 Å². The fourth-order valence-electron chi connectivity index (χ4n) is 1.84. The summed E-state index contributed by atoms with van der Waals surface area (Å²) in [4.78, 5) is 23.5. The van der Waals surface area contributed by atoms with Gasteiger partial charge in [-0.05, 0) is 23.6 Å². The number of anilines is 1. The van der Waals surface area contributed by atoms with Crippen molar-refractivity contribution >= 4 is 40.0 Å². The van der Waals surface area contributed by atoms with E-state index in [1.807, 2.05) is 13.8 Å². The number of rotatable bonds is 8. The number of nitrogens with one attached hydrogen (secondary N) is 2. The normalized spacial score (nSPS) is 10.7. The van der Waals surface area contributed by atoms with Crippen molar-refractivity contribution in [3.63, 3.8) is 0 Å². The van der Waals surface area contributed by atoms with Gasteiger partial charge in [-0.15, -0.1) is 10.2 Å². The van der Waals surface area contributed by atoms with E-state index >= 15 is 0 Å². The monoisotopic (exact) mass is 382 g/mol. The molecule has 2 N–H and O–H groups in total. The predicted octanol–water partition coefficient (Wildman–Crippen LogP) is 3.07. The molecule has 1 aromatic carbocycles. The Morgan fingerprint density at radius 1 is 1.20 bits per heavy atom. The highest BCUT2D eigenvalue weighted by molar-refractivity contribution is 8.01. The number of hydrogen-bond acceptors (Lipinski definition) is 6. The fourth-order valence-corrected chi connectivity index (χ4v) is 3.44. The summed E-state index contributed by atoms with van der Waals surface area (Å²) in [6.45, 7) is 4.27. The van der Waals surface area contributed by atoms with Gasteiger partial charge in [-0.3, -0.25) is 9.59 Å². The third-order valence-corrected chi connectivity index (χ3v) is 4.95. The lowest BCUT2D eigenvalue weighted by atomic mass is 10.1. The number of carbonyl (C=O) groups excluding carboxylic acids is 2. The molecule has 2 rings (SSSR count). The van der Waals surface area contributed by atoms with Crippen LogP contribution in [0.5, 0.6) is 0 Å². The summed E-state index contributed by atoms with van der Waals surface area (Å²) in [6.07, 6.45) is 0.424. The van der Waals surface area contributed by atoms with Crippen LogP contribution in [0.1, 0.15) is 25.8 Å². The van der Waals surface area contributed by atoms with Crippen molar-refractivity contribution in [1.82, 2.24) is 15.5 Å². The van der Waals surface area contributed by atoms with E-state index in [1.54, 1.807) is 12.1 Å². The summed E-state index contributed by atoms with van der Waals surface area (Å²) in [7, 11) is 0. The Balaban J connectivity index is 1.72. The lowest BCUT2D eigenvalue weighted by molar-refractivity contribution is -0.119. The minimum Gasteiger partial charge on any atom is -0.351 e. The van der Waals surface area contributed by atoms with Gasteiger partial charge in [-0.25, -0.2) is 4.39 Å². The summed E-state index contributed by atoms with van der Waals surface area (Å²) < 4.78 is 13.4. The van der Waals surface area contributed by atoms with Crippen molar-refractivity contribution in [3.05, 3.63) is 35.6 Å². The summed E-state index contributed by atoms with van der Waals surface area (Å²) in [5, 5.41) is 13.7. The average Bonchev–Trinajstić information content (AvgIpc) is 2.99. The van der Waals surface area contributed by atoms with Gasteiger partial charge in [-0.1, -0.05) is 49.1 Å². The minimum absolute atomic E-state index is 0.0975. The number of benzene rings is 1. The number of aromatic nitrogens is 2. The summed E-state index contributed by atoms with van der Waals surface area (Å²) >= 11 is 2.48. The number of thioether (sulfide) groups is 1. The van der Waals surface area contributed by atoms with Gasteiger partial charge in [0.25, 0.3) is 0 Å². The first-order valence-corrected chi connectivity index (χ1v) is 9.50. The number of amides is 2. The fraction of sp³-hybridized carbons (Fsp3) is 0.375. The molecule has 9 heteroatoms. The number of halogens is 1. The zero-order valence-corrected chi connectivity index (χ0v) is 15.5. The second kappa shape index (κ2) is 9.47. The summed E-state index contributed by atoms with van der Waals surface area (Å²) in [5.74, 6) is -0.102. The third-order valence-electron chi connectivity index (χ3n) is 2.98. The third kappa shape index (κ3) is 7.18. The first-order chi connectivity index (χ1) is 11.9.